The predicted molar refractivity (Wildman–Crippen MR) is 111 cm³/mol. The highest BCUT2D eigenvalue weighted by Crippen LogP contribution is 2.24. The van der Waals surface area contributed by atoms with Crippen LogP contribution in [0.2, 0.25) is 0 Å². The Labute approximate surface area is 171 Å². The lowest BCUT2D eigenvalue weighted by Crippen LogP contribution is -2.57. The Morgan fingerprint density at radius 3 is 2.62 bits per heavy atom. The van der Waals surface area contributed by atoms with Gasteiger partial charge in [0, 0.05) is 50.9 Å². The fourth-order valence-electron chi connectivity index (χ4n) is 3.70. The van der Waals surface area contributed by atoms with Gasteiger partial charge in [0.25, 0.3) is 0 Å². The average Bonchev–Trinajstić information content (AvgIpc) is 2.74. The van der Waals surface area contributed by atoms with E-state index in [0.717, 1.165) is 30.2 Å². The van der Waals surface area contributed by atoms with Gasteiger partial charge in [0.1, 0.15) is 11.5 Å². The van der Waals surface area contributed by atoms with Crippen LogP contribution >= 0.6 is 0 Å². The van der Waals surface area contributed by atoms with Gasteiger partial charge in [0.05, 0.1) is 20.3 Å². The third kappa shape index (κ3) is 5.62. The highest BCUT2D eigenvalue weighted by Gasteiger charge is 2.30. The van der Waals surface area contributed by atoms with Gasteiger partial charge in [-0.25, -0.2) is 4.79 Å². The van der Waals surface area contributed by atoms with Crippen LogP contribution in [0.1, 0.15) is 11.1 Å². The Morgan fingerprint density at radius 2 is 1.93 bits per heavy atom. The van der Waals surface area contributed by atoms with Gasteiger partial charge in [-0.15, -0.1) is 0 Å². The van der Waals surface area contributed by atoms with Crippen molar-refractivity contribution in [3.8, 4) is 11.5 Å². The lowest BCUT2D eigenvalue weighted by molar-refractivity contribution is 0.0641. The van der Waals surface area contributed by atoms with Gasteiger partial charge < -0.3 is 24.8 Å². The highest BCUT2D eigenvalue weighted by molar-refractivity contribution is 5.65. The summed E-state index contributed by atoms with van der Waals surface area (Å²) in [5.74, 6) is 1.49. The number of ether oxygens (including phenoxy) is 2. The first-order valence-corrected chi connectivity index (χ1v) is 9.78. The van der Waals surface area contributed by atoms with Crippen molar-refractivity contribution < 1.29 is 19.4 Å². The summed E-state index contributed by atoms with van der Waals surface area (Å²) in [5.41, 5.74) is 2.25. The molecule has 1 atom stereocenters. The van der Waals surface area contributed by atoms with Gasteiger partial charge in [-0.2, -0.15) is 0 Å². The van der Waals surface area contributed by atoms with Crippen molar-refractivity contribution in [3.63, 3.8) is 0 Å². The molecule has 0 saturated carbocycles. The second-order valence-electron chi connectivity index (χ2n) is 7.16. The molecule has 1 saturated heterocycles. The van der Waals surface area contributed by atoms with Gasteiger partial charge in [-0.05, 0) is 11.6 Å². The van der Waals surface area contributed by atoms with Crippen LogP contribution in [0.4, 0.5) is 4.79 Å². The molecule has 29 heavy (non-hydrogen) atoms. The fraction of sp³-hybridized carbons (Fsp3) is 0.409. The number of amides is 1. The molecule has 0 spiro atoms. The molecule has 3 rings (SSSR count). The number of rotatable bonds is 8. The molecular formula is C22H29N3O4. The molecule has 1 heterocycles. The second-order valence-corrected chi connectivity index (χ2v) is 7.16. The van der Waals surface area contributed by atoms with Gasteiger partial charge in [-0.1, -0.05) is 36.4 Å². The van der Waals surface area contributed by atoms with Crippen molar-refractivity contribution in [2.24, 2.45) is 0 Å². The largest absolute Gasteiger partial charge is 0.497 e. The number of carboxylic acid groups (broad SMARTS) is 1. The van der Waals surface area contributed by atoms with E-state index < -0.39 is 6.09 Å². The zero-order chi connectivity index (χ0) is 20.6. The molecule has 0 bridgehead atoms. The van der Waals surface area contributed by atoms with Crippen molar-refractivity contribution >= 4 is 6.09 Å². The van der Waals surface area contributed by atoms with Crippen LogP contribution in [0.25, 0.3) is 0 Å². The van der Waals surface area contributed by atoms with Crippen molar-refractivity contribution in [1.82, 2.24) is 15.1 Å². The van der Waals surface area contributed by atoms with E-state index in [9.17, 15) is 9.90 Å². The van der Waals surface area contributed by atoms with Crippen LogP contribution in [0.15, 0.2) is 48.5 Å². The molecule has 0 unspecified atom stereocenters. The molecule has 2 N–H and O–H groups in total. The van der Waals surface area contributed by atoms with E-state index >= 15 is 0 Å². The molecule has 2 aromatic rings. The number of benzene rings is 2. The predicted octanol–water partition coefficient (Wildman–Crippen LogP) is 2.66. The van der Waals surface area contributed by atoms with E-state index in [4.69, 9.17) is 9.47 Å². The molecular weight excluding hydrogens is 370 g/mol. The maximum absolute atomic E-state index is 11.7. The molecule has 156 valence electrons. The zero-order valence-electron chi connectivity index (χ0n) is 17.0. The van der Waals surface area contributed by atoms with Crippen molar-refractivity contribution in [2.45, 2.75) is 19.1 Å². The number of carbonyl (C=O) groups is 1. The molecule has 7 nitrogen and oxygen atoms in total. The summed E-state index contributed by atoms with van der Waals surface area (Å²) < 4.78 is 10.7. The first-order chi connectivity index (χ1) is 14.1. The minimum Gasteiger partial charge on any atom is -0.497 e. The topological polar surface area (TPSA) is 74.3 Å². The van der Waals surface area contributed by atoms with Gasteiger partial charge in [0.15, 0.2) is 0 Å². The van der Waals surface area contributed by atoms with Crippen LogP contribution in [-0.2, 0) is 13.1 Å². The molecule has 0 aromatic heterocycles. The van der Waals surface area contributed by atoms with E-state index in [1.807, 2.05) is 36.4 Å². The van der Waals surface area contributed by atoms with Crippen LogP contribution in [0, 0.1) is 0 Å². The standard InChI is InChI=1S/C22H29N3O4/c1-28-20-9-8-18(21(12-20)29-2)13-23-14-19-16-24(10-11-25(19)22(26)27)15-17-6-4-3-5-7-17/h3-9,12,19,23H,10-11,13-16H2,1-2H3,(H,26,27)/t19-/m1/s1. The van der Waals surface area contributed by atoms with Crippen molar-refractivity contribution in [3.05, 3.63) is 59.7 Å². The number of nitrogens with zero attached hydrogens (tertiary/aromatic N) is 2. The SMILES string of the molecule is COc1ccc(CNC[C@@H]2CN(Cc3ccccc3)CCN2C(=O)O)c(OC)c1. The van der Waals surface area contributed by atoms with E-state index in [0.29, 0.717) is 26.2 Å². The molecule has 0 radical (unpaired) electrons. The number of nitrogens with one attached hydrogen (secondary N) is 1. The first-order valence-electron chi connectivity index (χ1n) is 9.78. The van der Waals surface area contributed by atoms with E-state index in [2.05, 4.69) is 22.3 Å². The molecule has 1 fully saturated rings. The Bertz CT molecular complexity index is 800. The van der Waals surface area contributed by atoms with Crippen molar-refractivity contribution in [1.29, 1.82) is 0 Å². The molecule has 1 amide bonds. The monoisotopic (exact) mass is 399 g/mol. The Morgan fingerprint density at radius 1 is 1.14 bits per heavy atom. The van der Waals surface area contributed by atoms with Crippen LogP contribution in [-0.4, -0.2) is 67.4 Å². The normalized spacial score (nSPS) is 17.2. The fourth-order valence-corrected chi connectivity index (χ4v) is 3.70. The Hall–Kier alpha value is -2.77. The average molecular weight is 399 g/mol. The lowest BCUT2D eigenvalue weighted by Gasteiger charge is -2.40. The van der Waals surface area contributed by atoms with Crippen LogP contribution in [0.5, 0.6) is 11.5 Å². The minimum atomic E-state index is -0.863. The summed E-state index contributed by atoms with van der Waals surface area (Å²) in [6.07, 6.45) is -0.863. The zero-order valence-corrected chi connectivity index (χ0v) is 17.0. The number of hydrogen-bond donors (Lipinski definition) is 2. The minimum absolute atomic E-state index is 0.103. The van der Waals surface area contributed by atoms with E-state index in [1.165, 1.54) is 5.56 Å². The number of hydrogen-bond acceptors (Lipinski definition) is 5. The van der Waals surface area contributed by atoms with E-state index in [1.54, 1.807) is 19.1 Å². The van der Waals surface area contributed by atoms with Crippen molar-refractivity contribution in [2.75, 3.05) is 40.4 Å². The summed E-state index contributed by atoms with van der Waals surface area (Å²) >= 11 is 0. The molecule has 1 aliphatic rings. The van der Waals surface area contributed by atoms with Crippen LogP contribution < -0.4 is 14.8 Å². The quantitative estimate of drug-likeness (QED) is 0.711. The number of piperazine rings is 1. The smallest absolute Gasteiger partial charge is 0.407 e. The second kappa shape index (κ2) is 10.1. The third-order valence-electron chi connectivity index (χ3n) is 5.25. The molecule has 0 aliphatic carbocycles. The molecule has 7 heteroatoms. The molecule has 1 aliphatic heterocycles. The van der Waals surface area contributed by atoms with Gasteiger partial charge >= 0.3 is 6.09 Å². The van der Waals surface area contributed by atoms with Gasteiger partial charge in [0.2, 0.25) is 0 Å². The Balaban J connectivity index is 1.59. The summed E-state index contributed by atoms with van der Waals surface area (Å²) in [4.78, 5) is 15.5. The number of methoxy groups -OCH3 is 2. The maximum atomic E-state index is 11.7. The van der Waals surface area contributed by atoms with Gasteiger partial charge in [-0.3, -0.25) is 4.90 Å². The summed E-state index contributed by atoms with van der Waals surface area (Å²) in [6.45, 7) is 3.96. The van der Waals surface area contributed by atoms with E-state index in [-0.39, 0.29) is 6.04 Å². The van der Waals surface area contributed by atoms with Crippen LogP contribution in [0.3, 0.4) is 0 Å². The lowest BCUT2D eigenvalue weighted by atomic mass is 10.1. The first kappa shape index (κ1) is 21.0. The maximum Gasteiger partial charge on any atom is 0.407 e. The summed E-state index contributed by atoms with van der Waals surface area (Å²) in [5, 5.41) is 13.0. The summed E-state index contributed by atoms with van der Waals surface area (Å²) in [7, 11) is 3.25. The highest BCUT2D eigenvalue weighted by atomic mass is 16.5. The molecule has 2 aromatic carbocycles. The summed E-state index contributed by atoms with van der Waals surface area (Å²) in [6, 6.07) is 15.9. The third-order valence-corrected chi connectivity index (χ3v) is 5.25. The Kier molecular flexibility index (Phi) is 7.32.